The third-order valence-electron chi connectivity index (χ3n) is 6.89. The Hall–Kier alpha value is -3.51. The maximum atomic E-state index is 13.8. The van der Waals surface area contributed by atoms with Gasteiger partial charge in [-0.05, 0) is 81.3 Å². The van der Waals surface area contributed by atoms with Crippen molar-refractivity contribution >= 4 is 39.1 Å². The Morgan fingerprint density at radius 3 is 2.61 bits per heavy atom. The van der Waals surface area contributed by atoms with E-state index in [0.29, 0.717) is 22.7 Å². The number of rotatable bonds is 5. The third-order valence-corrected chi connectivity index (χ3v) is 8.10. The first-order valence-corrected chi connectivity index (χ1v) is 13.4. The molecule has 0 radical (unpaired) electrons. The van der Waals surface area contributed by atoms with Crippen LogP contribution in [0.5, 0.6) is 0 Å². The molecular weight excluding hydrogens is 468 g/mol. The highest BCUT2D eigenvalue weighted by atomic mass is 32.1. The van der Waals surface area contributed by atoms with Crippen molar-refractivity contribution in [3.63, 3.8) is 0 Å². The smallest absolute Gasteiger partial charge is 0.341 e. The molecule has 2 aromatic heterocycles. The van der Waals surface area contributed by atoms with E-state index in [1.54, 1.807) is 6.92 Å². The number of esters is 1. The number of nitrogens with zero attached hydrogens (tertiary/aromatic N) is 1. The van der Waals surface area contributed by atoms with Crippen LogP contribution in [-0.2, 0) is 17.6 Å². The molecule has 1 aliphatic carbocycles. The molecule has 6 heteroatoms. The highest BCUT2D eigenvalue weighted by Crippen LogP contribution is 2.38. The molecule has 2 heterocycles. The number of hydrogen-bond acceptors (Lipinski definition) is 5. The summed E-state index contributed by atoms with van der Waals surface area (Å²) in [7, 11) is 0. The molecule has 5 nitrogen and oxygen atoms in total. The number of aryl methyl sites for hydroxylation is 3. The molecule has 1 amide bonds. The van der Waals surface area contributed by atoms with Crippen LogP contribution in [0.1, 0.15) is 68.5 Å². The third kappa shape index (κ3) is 4.65. The summed E-state index contributed by atoms with van der Waals surface area (Å²) in [6, 6.07) is 15.7. The molecule has 4 aromatic rings. The number of pyridine rings is 1. The van der Waals surface area contributed by atoms with Gasteiger partial charge in [-0.3, -0.25) is 4.79 Å². The topological polar surface area (TPSA) is 68.3 Å². The van der Waals surface area contributed by atoms with E-state index in [4.69, 9.17) is 9.72 Å². The second-order valence-electron chi connectivity index (χ2n) is 9.31. The van der Waals surface area contributed by atoms with Gasteiger partial charge in [-0.2, -0.15) is 0 Å². The van der Waals surface area contributed by atoms with Crippen LogP contribution in [0.3, 0.4) is 0 Å². The van der Waals surface area contributed by atoms with Crippen molar-refractivity contribution in [3.8, 4) is 11.3 Å². The van der Waals surface area contributed by atoms with Gasteiger partial charge in [0.1, 0.15) is 5.00 Å². The Bertz CT molecular complexity index is 1470. The Labute approximate surface area is 215 Å². The largest absolute Gasteiger partial charge is 0.462 e. The van der Waals surface area contributed by atoms with Crippen LogP contribution in [-0.4, -0.2) is 23.5 Å². The van der Waals surface area contributed by atoms with E-state index in [2.05, 4.69) is 31.3 Å². The number of benzene rings is 2. The predicted octanol–water partition coefficient (Wildman–Crippen LogP) is 7.28. The summed E-state index contributed by atoms with van der Waals surface area (Å²) in [4.78, 5) is 32.8. The lowest BCUT2D eigenvalue weighted by atomic mass is 10.0. The summed E-state index contributed by atoms with van der Waals surface area (Å²) < 4.78 is 5.40. The monoisotopic (exact) mass is 498 g/mol. The molecule has 0 atom stereocenters. The van der Waals surface area contributed by atoms with Crippen molar-refractivity contribution in [1.29, 1.82) is 0 Å². The van der Waals surface area contributed by atoms with Crippen molar-refractivity contribution in [2.45, 2.75) is 52.9 Å². The molecule has 0 unspecified atom stereocenters. The molecule has 0 saturated heterocycles. The summed E-state index contributed by atoms with van der Waals surface area (Å²) >= 11 is 1.51. The van der Waals surface area contributed by atoms with Gasteiger partial charge >= 0.3 is 5.97 Å². The number of carbonyl (C=O) groups is 2. The maximum Gasteiger partial charge on any atom is 0.341 e. The molecule has 0 aliphatic heterocycles. The van der Waals surface area contributed by atoms with Crippen molar-refractivity contribution in [1.82, 2.24) is 4.98 Å². The minimum atomic E-state index is -0.359. The quantitative estimate of drug-likeness (QED) is 0.232. The van der Waals surface area contributed by atoms with Crippen LogP contribution in [0.15, 0.2) is 48.5 Å². The van der Waals surface area contributed by atoms with Crippen LogP contribution in [0.4, 0.5) is 5.00 Å². The van der Waals surface area contributed by atoms with Crippen LogP contribution >= 0.6 is 11.3 Å². The molecule has 2 aromatic carbocycles. The Morgan fingerprint density at radius 1 is 1.00 bits per heavy atom. The van der Waals surface area contributed by atoms with Crippen LogP contribution in [0.2, 0.25) is 0 Å². The lowest BCUT2D eigenvalue weighted by Gasteiger charge is -2.12. The predicted molar refractivity (Wildman–Crippen MR) is 146 cm³/mol. The first-order chi connectivity index (χ1) is 17.5. The summed E-state index contributed by atoms with van der Waals surface area (Å²) in [5.41, 5.74) is 6.95. The molecule has 0 bridgehead atoms. The first kappa shape index (κ1) is 24.2. The fraction of sp³-hybridized carbons (Fsp3) is 0.300. The number of nitrogens with one attached hydrogen (secondary N) is 1. The summed E-state index contributed by atoms with van der Waals surface area (Å²) in [6.45, 7) is 6.25. The molecule has 0 spiro atoms. The number of carbonyl (C=O) groups excluding carboxylic acids is 2. The molecule has 1 N–H and O–H groups in total. The average Bonchev–Trinajstić information content (AvgIpc) is 3.05. The second kappa shape index (κ2) is 10.2. The molecule has 184 valence electrons. The van der Waals surface area contributed by atoms with Gasteiger partial charge in [-0.15, -0.1) is 11.3 Å². The van der Waals surface area contributed by atoms with Gasteiger partial charge in [0.05, 0.1) is 28.9 Å². The lowest BCUT2D eigenvalue weighted by molar-refractivity contribution is 0.0527. The fourth-order valence-corrected chi connectivity index (χ4v) is 6.10. The van der Waals surface area contributed by atoms with Crippen molar-refractivity contribution in [3.05, 3.63) is 81.2 Å². The van der Waals surface area contributed by atoms with Gasteiger partial charge in [0, 0.05) is 15.8 Å². The highest BCUT2D eigenvalue weighted by Gasteiger charge is 2.27. The van der Waals surface area contributed by atoms with E-state index in [1.807, 2.05) is 36.4 Å². The van der Waals surface area contributed by atoms with Gasteiger partial charge < -0.3 is 10.1 Å². The number of aromatic nitrogens is 1. The number of amides is 1. The first-order valence-electron chi connectivity index (χ1n) is 12.6. The Kier molecular flexibility index (Phi) is 6.88. The fourth-order valence-electron chi connectivity index (χ4n) is 4.83. The summed E-state index contributed by atoms with van der Waals surface area (Å²) in [5, 5.41) is 4.44. The molecular formula is C30H30N2O3S. The number of hydrogen-bond donors (Lipinski definition) is 1. The van der Waals surface area contributed by atoms with Gasteiger partial charge in [0.2, 0.25) is 0 Å². The minimum Gasteiger partial charge on any atom is -0.462 e. The van der Waals surface area contributed by atoms with E-state index in [0.717, 1.165) is 59.8 Å². The lowest BCUT2D eigenvalue weighted by Crippen LogP contribution is -2.16. The number of thiophene rings is 1. The molecule has 0 saturated carbocycles. The SMILES string of the molecule is CCOC(=O)c1c(NC(=O)c2cc(-c3ccc(C)c(C)c3)nc3ccccc23)sc2c1CCCCC2. The van der Waals surface area contributed by atoms with Crippen LogP contribution in [0.25, 0.3) is 22.2 Å². The second-order valence-corrected chi connectivity index (χ2v) is 10.4. The van der Waals surface area contributed by atoms with Crippen molar-refractivity contribution in [2.75, 3.05) is 11.9 Å². The average molecular weight is 499 g/mol. The zero-order valence-electron chi connectivity index (χ0n) is 20.9. The normalized spacial score (nSPS) is 13.2. The maximum absolute atomic E-state index is 13.8. The van der Waals surface area contributed by atoms with E-state index in [9.17, 15) is 9.59 Å². The zero-order chi connectivity index (χ0) is 25.2. The van der Waals surface area contributed by atoms with E-state index < -0.39 is 0 Å². The number of fused-ring (bicyclic) bond motifs is 2. The van der Waals surface area contributed by atoms with E-state index in [-0.39, 0.29) is 11.9 Å². The Morgan fingerprint density at radius 2 is 1.81 bits per heavy atom. The van der Waals surface area contributed by atoms with Crippen LogP contribution in [0, 0.1) is 13.8 Å². The number of anilines is 1. The molecule has 5 rings (SSSR count). The number of para-hydroxylation sites is 1. The molecule has 0 fully saturated rings. The van der Waals surface area contributed by atoms with Gasteiger partial charge in [0.25, 0.3) is 5.91 Å². The van der Waals surface area contributed by atoms with Gasteiger partial charge in [-0.25, -0.2) is 9.78 Å². The Balaban J connectivity index is 1.58. The van der Waals surface area contributed by atoms with Gasteiger partial charge in [-0.1, -0.05) is 36.8 Å². The highest BCUT2D eigenvalue weighted by molar-refractivity contribution is 7.17. The summed E-state index contributed by atoms with van der Waals surface area (Å²) in [5.74, 6) is -0.608. The van der Waals surface area contributed by atoms with Crippen LogP contribution < -0.4 is 5.32 Å². The van der Waals surface area contributed by atoms with Crippen molar-refractivity contribution < 1.29 is 14.3 Å². The minimum absolute atomic E-state index is 0.249. The number of ether oxygens (including phenoxy) is 1. The molecule has 36 heavy (non-hydrogen) atoms. The van der Waals surface area contributed by atoms with E-state index >= 15 is 0 Å². The van der Waals surface area contributed by atoms with Gasteiger partial charge in [0.15, 0.2) is 0 Å². The standard InChI is InChI=1S/C30H30N2O3S/c1-4-35-30(34)27-22-11-6-5-7-13-26(22)36-29(27)32-28(33)23-17-25(20-15-14-18(2)19(3)16-20)31-24-12-9-8-10-21(23)24/h8-10,12,14-17H,4-7,11,13H2,1-3H3,(H,32,33). The zero-order valence-corrected chi connectivity index (χ0v) is 21.8. The molecule has 1 aliphatic rings. The summed E-state index contributed by atoms with van der Waals surface area (Å²) in [6.07, 6.45) is 5.05. The van der Waals surface area contributed by atoms with E-state index in [1.165, 1.54) is 27.3 Å². The van der Waals surface area contributed by atoms with Crippen molar-refractivity contribution in [2.24, 2.45) is 0 Å².